The maximum absolute atomic E-state index is 12.4. The number of imidazole rings is 1. The number of methoxy groups -OCH3 is 1. The predicted octanol–water partition coefficient (Wildman–Crippen LogP) is 1.20. The first-order valence-corrected chi connectivity index (χ1v) is 9.21. The molecular weight excluding hydrogens is 340 g/mol. The minimum absolute atomic E-state index is 0.0190. The molecule has 1 aliphatic heterocycles. The van der Waals surface area contributed by atoms with Crippen LogP contribution < -0.4 is 5.32 Å². The molecule has 1 unspecified atom stereocenters. The second-order valence-corrected chi connectivity index (χ2v) is 7.08. The van der Waals surface area contributed by atoms with E-state index in [1.165, 1.54) is 0 Å². The molecule has 0 saturated heterocycles. The van der Waals surface area contributed by atoms with E-state index >= 15 is 0 Å². The summed E-state index contributed by atoms with van der Waals surface area (Å²) in [4.78, 5) is 17.7. The highest BCUT2D eigenvalue weighted by Gasteiger charge is 2.21. The molecule has 25 heavy (non-hydrogen) atoms. The number of amides is 1. The van der Waals surface area contributed by atoms with Gasteiger partial charge in [-0.3, -0.25) is 9.20 Å². The Morgan fingerprint density at radius 1 is 1.44 bits per heavy atom. The Labute approximate surface area is 148 Å². The fourth-order valence-electron chi connectivity index (χ4n) is 3.23. The van der Waals surface area contributed by atoms with Crippen LogP contribution in [-0.4, -0.2) is 43.2 Å². The van der Waals surface area contributed by atoms with Gasteiger partial charge in [0.15, 0.2) is 10.8 Å². The van der Waals surface area contributed by atoms with Gasteiger partial charge in [0.05, 0.1) is 12.1 Å². The third-order valence-electron chi connectivity index (χ3n) is 4.44. The van der Waals surface area contributed by atoms with Crippen LogP contribution in [0, 0.1) is 0 Å². The quantitative estimate of drug-likeness (QED) is 0.739. The molecule has 4 heterocycles. The van der Waals surface area contributed by atoms with Crippen molar-refractivity contribution in [3.8, 4) is 0 Å². The fourth-order valence-corrected chi connectivity index (χ4v) is 3.95. The molecule has 3 aromatic rings. The average molecular weight is 360 g/mol. The molecule has 0 saturated carbocycles. The number of nitrogens with one attached hydrogen (secondary N) is 1. The summed E-state index contributed by atoms with van der Waals surface area (Å²) in [7, 11) is 1.65. The Hall–Kier alpha value is -2.26. The number of hydrogen-bond donors (Lipinski definition) is 1. The number of hydrogen-bond acceptors (Lipinski definition) is 6. The average Bonchev–Trinajstić information content (AvgIpc) is 3.22. The molecule has 1 aliphatic rings. The second kappa shape index (κ2) is 6.93. The van der Waals surface area contributed by atoms with E-state index in [9.17, 15) is 4.79 Å². The number of ether oxygens (including phenoxy) is 1. The Morgan fingerprint density at radius 2 is 2.36 bits per heavy atom. The topological polar surface area (TPSA) is 86.3 Å². The van der Waals surface area contributed by atoms with Crippen LogP contribution in [0.2, 0.25) is 0 Å². The summed E-state index contributed by atoms with van der Waals surface area (Å²) in [6.07, 6.45) is 6.72. The molecule has 0 fully saturated rings. The summed E-state index contributed by atoms with van der Waals surface area (Å²) in [5.74, 6) is 1.84. The number of thiazole rings is 1. The Kier molecular flexibility index (Phi) is 4.50. The molecule has 0 radical (unpaired) electrons. The van der Waals surface area contributed by atoms with E-state index in [4.69, 9.17) is 4.74 Å². The molecule has 3 aromatic heterocycles. The van der Waals surface area contributed by atoms with Crippen LogP contribution in [0.3, 0.4) is 0 Å². The number of carbonyl (C=O) groups is 1. The first-order chi connectivity index (χ1) is 12.2. The van der Waals surface area contributed by atoms with Crippen molar-refractivity contribution >= 4 is 22.2 Å². The normalized spacial score (nSPS) is 17.4. The van der Waals surface area contributed by atoms with E-state index in [0.717, 1.165) is 48.1 Å². The molecule has 0 aromatic carbocycles. The molecule has 1 atom stereocenters. The Bertz CT molecular complexity index is 854. The van der Waals surface area contributed by atoms with Crippen molar-refractivity contribution in [1.82, 2.24) is 29.5 Å². The van der Waals surface area contributed by atoms with Gasteiger partial charge in [0.2, 0.25) is 5.91 Å². The summed E-state index contributed by atoms with van der Waals surface area (Å²) in [6.45, 7) is 1.26. The number of fused-ring (bicyclic) bond motifs is 2. The zero-order valence-electron chi connectivity index (χ0n) is 14.0. The summed E-state index contributed by atoms with van der Waals surface area (Å²) >= 11 is 1.57. The van der Waals surface area contributed by atoms with Gasteiger partial charge < -0.3 is 14.6 Å². The van der Waals surface area contributed by atoms with E-state index in [-0.39, 0.29) is 11.9 Å². The summed E-state index contributed by atoms with van der Waals surface area (Å²) < 4.78 is 9.22. The van der Waals surface area contributed by atoms with Crippen LogP contribution in [0.1, 0.15) is 30.2 Å². The number of rotatable bonds is 5. The standard InChI is InChI=1S/C16H20N6O2S/c1-24-10-14-20-19-13-3-2-11(4-5-22(13)14)17-15(23)8-12-9-21-6-7-25-16(21)18-12/h6-7,9,11H,2-5,8,10H2,1H3,(H,17,23). The molecule has 1 N–H and O–H groups in total. The van der Waals surface area contributed by atoms with Crippen LogP contribution >= 0.6 is 11.3 Å². The smallest absolute Gasteiger partial charge is 0.226 e. The molecule has 1 amide bonds. The van der Waals surface area contributed by atoms with Crippen LogP contribution in [0.25, 0.3) is 4.96 Å². The highest BCUT2D eigenvalue weighted by Crippen LogP contribution is 2.16. The van der Waals surface area contributed by atoms with Gasteiger partial charge in [-0.05, 0) is 12.8 Å². The third kappa shape index (κ3) is 3.42. The largest absolute Gasteiger partial charge is 0.377 e. The van der Waals surface area contributed by atoms with Crippen LogP contribution in [0.4, 0.5) is 0 Å². The van der Waals surface area contributed by atoms with Crippen molar-refractivity contribution in [2.75, 3.05) is 7.11 Å². The van der Waals surface area contributed by atoms with Crippen molar-refractivity contribution in [1.29, 1.82) is 0 Å². The molecule has 0 aliphatic carbocycles. The highest BCUT2D eigenvalue weighted by molar-refractivity contribution is 7.15. The van der Waals surface area contributed by atoms with Gasteiger partial charge in [-0.15, -0.1) is 21.5 Å². The zero-order valence-corrected chi connectivity index (χ0v) is 14.8. The zero-order chi connectivity index (χ0) is 17.2. The monoisotopic (exact) mass is 360 g/mol. The number of nitrogens with zero attached hydrogens (tertiary/aromatic N) is 5. The van der Waals surface area contributed by atoms with E-state index in [2.05, 4.69) is 25.1 Å². The lowest BCUT2D eigenvalue weighted by molar-refractivity contribution is -0.121. The summed E-state index contributed by atoms with van der Waals surface area (Å²) in [5, 5.41) is 13.5. The van der Waals surface area contributed by atoms with Crippen molar-refractivity contribution in [2.45, 2.75) is 44.9 Å². The third-order valence-corrected chi connectivity index (χ3v) is 5.22. The van der Waals surface area contributed by atoms with Gasteiger partial charge in [0.25, 0.3) is 0 Å². The number of aromatic nitrogens is 5. The molecule has 9 heteroatoms. The second-order valence-electron chi connectivity index (χ2n) is 6.21. The molecule has 0 spiro atoms. The molecular formula is C16H20N6O2S. The van der Waals surface area contributed by atoms with Crippen LogP contribution in [-0.2, 0) is 35.5 Å². The van der Waals surface area contributed by atoms with E-state index in [0.29, 0.717) is 13.0 Å². The molecule has 0 bridgehead atoms. The predicted molar refractivity (Wildman–Crippen MR) is 92.4 cm³/mol. The van der Waals surface area contributed by atoms with Gasteiger partial charge in [0.1, 0.15) is 12.4 Å². The van der Waals surface area contributed by atoms with Gasteiger partial charge in [-0.25, -0.2) is 4.98 Å². The number of aryl methyl sites for hydroxylation is 1. The maximum atomic E-state index is 12.4. The first-order valence-electron chi connectivity index (χ1n) is 8.33. The summed E-state index contributed by atoms with van der Waals surface area (Å²) in [6, 6.07) is 0.147. The Morgan fingerprint density at radius 3 is 3.20 bits per heavy atom. The maximum Gasteiger partial charge on any atom is 0.226 e. The minimum atomic E-state index is 0.0190. The molecule has 4 rings (SSSR count). The van der Waals surface area contributed by atoms with Gasteiger partial charge in [-0.1, -0.05) is 0 Å². The van der Waals surface area contributed by atoms with Crippen molar-refractivity contribution in [3.05, 3.63) is 35.1 Å². The first kappa shape index (κ1) is 16.2. The van der Waals surface area contributed by atoms with Gasteiger partial charge in [-0.2, -0.15) is 0 Å². The fraction of sp³-hybridized carbons (Fsp3) is 0.500. The Balaban J connectivity index is 1.35. The van der Waals surface area contributed by atoms with Gasteiger partial charge >= 0.3 is 0 Å². The molecule has 8 nitrogen and oxygen atoms in total. The SMILES string of the molecule is COCc1nnc2n1CCC(NC(=O)Cc1cn3ccsc3n1)CC2. The van der Waals surface area contributed by atoms with Crippen molar-refractivity contribution < 1.29 is 9.53 Å². The van der Waals surface area contributed by atoms with Crippen LogP contribution in [0.5, 0.6) is 0 Å². The molecule has 132 valence electrons. The van der Waals surface area contributed by atoms with Gasteiger partial charge in [0, 0.05) is 43.9 Å². The minimum Gasteiger partial charge on any atom is -0.377 e. The lowest BCUT2D eigenvalue weighted by Gasteiger charge is -2.15. The highest BCUT2D eigenvalue weighted by atomic mass is 32.1. The lowest BCUT2D eigenvalue weighted by Crippen LogP contribution is -2.36. The number of carbonyl (C=O) groups excluding carboxylic acids is 1. The van der Waals surface area contributed by atoms with E-state index in [1.807, 2.05) is 22.2 Å². The summed E-state index contributed by atoms with van der Waals surface area (Å²) in [5.41, 5.74) is 0.803. The van der Waals surface area contributed by atoms with Crippen LogP contribution in [0.15, 0.2) is 17.8 Å². The van der Waals surface area contributed by atoms with E-state index < -0.39 is 0 Å². The van der Waals surface area contributed by atoms with E-state index in [1.54, 1.807) is 18.4 Å². The lowest BCUT2D eigenvalue weighted by atomic mass is 10.1. The van der Waals surface area contributed by atoms with Crippen molar-refractivity contribution in [3.63, 3.8) is 0 Å². The van der Waals surface area contributed by atoms with Crippen molar-refractivity contribution in [2.24, 2.45) is 0 Å².